The summed E-state index contributed by atoms with van der Waals surface area (Å²) in [6.07, 6.45) is 3.02. The molecule has 0 aromatic heterocycles. The Bertz CT molecular complexity index is 346. The van der Waals surface area contributed by atoms with Crippen LogP contribution in [0.4, 0.5) is 0 Å². The summed E-state index contributed by atoms with van der Waals surface area (Å²) in [4.78, 5) is 2.38. The fraction of sp³-hybridized carbons (Fsp3) is 1.00. The average molecular weight is 292 g/mol. The number of hydrogen-bond acceptors (Lipinski definition) is 5. The topological polar surface area (TPSA) is 58.6 Å². The van der Waals surface area contributed by atoms with Gasteiger partial charge in [-0.15, -0.1) is 0 Å². The molecule has 5 nitrogen and oxygen atoms in total. The molecule has 0 bridgehead atoms. The van der Waals surface area contributed by atoms with Crippen LogP contribution in [-0.4, -0.2) is 70.3 Å². The van der Waals surface area contributed by atoms with Gasteiger partial charge >= 0.3 is 0 Å². The van der Waals surface area contributed by atoms with Gasteiger partial charge in [-0.05, 0) is 25.9 Å². The fourth-order valence-corrected chi connectivity index (χ4v) is 3.20. The molecule has 2 unspecified atom stereocenters. The molecule has 1 aliphatic heterocycles. The molecule has 1 fully saturated rings. The summed E-state index contributed by atoms with van der Waals surface area (Å²) in [5.41, 5.74) is 0. The van der Waals surface area contributed by atoms with Crippen LogP contribution in [0.3, 0.4) is 0 Å². The highest BCUT2D eigenvalue weighted by atomic mass is 32.2. The Kier molecular flexibility index (Phi) is 7.28. The average Bonchev–Trinajstić information content (AvgIpc) is 2.36. The molecule has 19 heavy (non-hydrogen) atoms. The van der Waals surface area contributed by atoms with E-state index in [4.69, 9.17) is 4.74 Å². The van der Waals surface area contributed by atoms with Gasteiger partial charge in [-0.3, -0.25) is 4.90 Å². The Hall–Kier alpha value is -0.170. The molecule has 1 N–H and O–H groups in total. The predicted molar refractivity (Wildman–Crippen MR) is 78.3 cm³/mol. The second-order valence-corrected chi connectivity index (χ2v) is 7.50. The molecule has 1 saturated heterocycles. The highest BCUT2D eigenvalue weighted by molar-refractivity contribution is 7.90. The molecule has 0 spiro atoms. The molecular formula is C13H28N2O3S. The standard InChI is InChI=1S/C13H28N2O3S/c1-4-14-12(7-6-10-19(3,16)17)13-11-15(5-2)8-9-18-13/h12-14H,4-11H2,1-3H3. The third-order valence-corrected chi connectivity index (χ3v) is 4.60. The minimum Gasteiger partial charge on any atom is -0.374 e. The molecule has 0 aromatic rings. The molecule has 0 aromatic carbocycles. The molecule has 0 aliphatic carbocycles. The summed E-state index contributed by atoms with van der Waals surface area (Å²) in [7, 11) is -2.86. The lowest BCUT2D eigenvalue weighted by atomic mass is 10.0. The van der Waals surface area contributed by atoms with E-state index in [-0.39, 0.29) is 17.9 Å². The minimum absolute atomic E-state index is 0.174. The normalized spacial score (nSPS) is 23.4. The number of morpholine rings is 1. The molecular weight excluding hydrogens is 264 g/mol. The van der Waals surface area contributed by atoms with Crippen LogP contribution in [0, 0.1) is 0 Å². The Morgan fingerprint density at radius 2 is 2.16 bits per heavy atom. The van der Waals surface area contributed by atoms with Crippen molar-refractivity contribution < 1.29 is 13.2 Å². The Labute approximate surface area is 117 Å². The van der Waals surface area contributed by atoms with Crippen LogP contribution in [0.2, 0.25) is 0 Å². The van der Waals surface area contributed by atoms with Gasteiger partial charge in [0.1, 0.15) is 9.84 Å². The van der Waals surface area contributed by atoms with Gasteiger partial charge in [0.15, 0.2) is 0 Å². The summed E-state index contributed by atoms with van der Waals surface area (Å²) in [6.45, 7) is 8.87. The number of sulfone groups is 1. The predicted octanol–water partition coefficient (Wildman–Crippen LogP) is 0.510. The quantitative estimate of drug-likeness (QED) is 0.706. The monoisotopic (exact) mass is 292 g/mol. The van der Waals surface area contributed by atoms with Gasteiger partial charge in [0.05, 0.1) is 12.7 Å². The van der Waals surface area contributed by atoms with Crippen LogP contribution in [-0.2, 0) is 14.6 Å². The molecule has 114 valence electrons. The zero-order valence-electron chi connectivity index (χ0n) is 12.4. The van der Waals surface area contributed by atoms with Gasteiger partial charge in [-0.25, -0.2) is 8.42 Å². The molecule has 2 atom stereocenters. The summed E-state index contributed by atoms with van der Waals surface area (Å²) < 4.78 is 28.2. The van der Waals surface area contributed by atoms with Crippen molar-refractivity contribution in [2.75, 3.05) is 44.8 Å². The summed E-state index contributed by atoms with van der Waals surface area (Å²) in [5.74, 6) is 0.263. The first kappa shape index (κ1) is 16.9. The van der Waals surface area contributed by atoms with Gasteiger partial charge in [-0.1, -0.05) is 13.8 Å². The summed E-state index contributed by atoms with van der Waals surface area (Å²) >= 11 is 0. The number of nitrogens with zero attached hydrogens (tertiary/aromatic N) is 1. The molecule has 0 saturated carbocycles. The fourth-order valence-electron chi connectivity index (χ4n) is 2.51. The van der Waals surface area contributed by atoms with E-state index in [9.17, 15) is 8.42 Å². The lowest BCUT2D eigenvalue weighted by Gasteiger charge is -2.37. The van der Waals surface area contributed by atoms with Gasteiger partial charge in [0, 0.05) is 31.1 Å². The van der Waals surface area contributed by atoms with E-state index in [1.54, 1.807) is 0 Å². The van der Waals surface area contributed by atoms with E-state index < -0.39 is 9.84 Å². The largest absolute Gasteiger partial charge is 0.374 e. The van der Waals surface area contributed by atoms with Crippen LogP contribution < -0.4 is 5.32 Å². The SMILES string of the molecule is CCNC(CCCS(C)(=O)=O)C1CN(CC)CCO1. The van der Waals surface area contributed by atoms with E-state index in [0.29, 0.717) is 6.42 Å². The van der Waals surface area contributed by atoms with Crippen LogP contribution >= 0.6 is 0 Å². The van der Waals surface area contributed by atoms with E-state index in [0.717, 1.165) is 39.2 Å². The summed E-state index contributed by atoms with van der Waals surface area (Å²) in [6, 6.07) is 0.251. The Morgan fingerprint density at radius 1 is 1.42 bits per heavy atom. The zero-order chi connectivity index (χ0) is 14.3. The molecule has 1 rings (SSSR count). The highest BCUT2D eigenvalue weighted by Crippen LogP contribution is 2.13. The maximum atomic E-state index is 11.2. The third-order valence-electron chi connectivity index (χ3n) is 3.57. The van der Waals surface area contributed by atoms with Crippen molar-refractivity contribution in [3.63, 3.8) is 0 Å². The van der Waals surface area contributed by atoms with Crippen LogP contribution in [0.5, 0.6) is 0 Å². The second-order valence-electron chi connectivity index (χ2n) is 5.24. The molecule has 6 heteroatoms. The maximum absolute atomic E-state index is 11.2. The van der Waals surface area contributed by atoms with E-state index in [1.165, 1.54) is 6.26 Å². The number of ether oxygens (including phenoxy) is 1. The van der Waals surface area contributed by atoms with Gasteiger partial charge in [0.2, 0.25) is 0 Å². The molecule has 1 heterocycles. The number of nitrogens with one attached hydrogen (secondary N) is 1. The van der Waals surface area contributed by atoms with Crippen molar-refractivity contribution in [2.24, 2.45) is 0 Å². The lowest BCUT2D eigenvalue weighted by molar-refractivity contribution is -0.0459. The second kappa shape index (κ2) is 8.19. The minimum atomic E-state index is -2.86. The van der Waals surface area contributed by atoms with Crippen molar-refractivity contribution in [1.29, 1.82) is 0 Å². The van der Waals surface area contributed by atoms with E-state index in [2.05, 4.69) is 24.1 Å². The highest BCUT2D eigenvalue weighted by Gasteiger charge is 2.26. The van der Waals surface area contributed by atoms with Crippen LogP contribution in [0.25, 0.3) is 0 Å². The maximum Gasteiger partial charge on any atom is 0.147 e. The first-order chi connectivity index (χ1) is 8.96. The number of hydrogen-bond donors (Lipinski definition) is 1. The van der Waals surface area contributed by atoms with Crippen molar-refractivity contribution in [3.8, 4) is 0 Å². The van der Waals surface area contributed by atoms with E-state index in [1.807, 2.05) is 0 Å². The van der Waals surface area contributed by atoms with Crippen molar-refractivity contribution in [2.45, 2.75) is 38.8 Å². The zero-order valence-corrected chi connectivity index (χ0v) is 13.2. The summed E-state index contributed by atoms with van der Waals surface area (Å²) in [5, 5.41) is 3.44. The van der Waals surface area contributed by atoms with E-state index >= 15 is 0 Å². The molecule has 0 radical (unpaired) electrons. The molecule has 1 aliphatic rings. The number of rotatable bonds is 8. The third kappa shape index (κ3) is 6.70. The number of likely N-dealkylation sites (N-methyl/N-ethyl adjacent to an activating group) is 2. The first-order valence-corrected chi connectivity index (χ1v) is 9.27. The van der Waals surface area contributed by atoms with Crippen LogP contribution in [0.15, 0.2) is 0 Å². The van der Waals surface area contributed by atoms with Crippen molar-refractivity contribution in [3.05, 3.63) is 0 Å². The lowest BCUT2D eigenvalue weighted by Crippen LogP contribution is -2.52. The van der Waals surface area contributed by atoms with Gasteiger partial charge < -0.3 is 10.1 Å². The van der Waals surface area contributed by atoms with Gasteiger partial charge in [0.25, 0.3) is 0 Å². The Balaban J connectivity index is 2.46. The Morgan fingerprint density at radius 3 is 2.74 bits per heavy atom. The molecule has 0 amide bonds. The van der Waals surface area contributed by atoms with Crippen molar-refractivity contribution >= 4 is 9.84 Å². The smallest absolute Gasteiger partial charge is 0.147 e. The van der Waals surface area contributed by atoms with Crippen LogP contribution in [0.1, 0.15) is 26.7 Å². The van der Waals surface area contributed by atoms with Crippen molar-refractivity contribution in [1.82, 2.24) is 10.2 Å². The van der Waals surface area contributed by atoms with Gasteiger partial charge in [-0.2, -0.15) is 0 Å². The first-order valence-electron chi connectivity index (χ1n) is 7.21.